The summed E-state index contributed by atoms with van der Waals surface area (Å²) in [5, 5.41) is 4.13. The fourth-order valence-electron chi connectivity index (χ4n) is 1.32. The van der Waals surface area contributed by atoms with Crippen LogP contribution in [0, 0.1) is 0 Å². The van der Waals surface area contributed by atoms with Crippen LogP contribution < -0.4 is 10.9 Å². The van der Waals surface area contributed by atoms with Crippen LogP contribution in [-0.2, 0) is 0 Å². The third kappa shape index (κ3) is 2.95. The molecule has 2 aromatic heterocycles. The van der Waals surface area contributed by atoms with E-state index < -0.39 is 0 Å². The molecule has 2 aromatic rings. The van der Waals surface area contributed by atoms with Crippen LogP contribution in [0.25, 0.3) is 10.4 Å². The van der Waals surface area contributed by atoms with E-state index in [9.17, 15) is 4.79 Å². The maximum absolute atomic E-state index is 11.2. The zero-order chi connectivity index (χ0) is 12.4. The van der Waals surface area contributed by atoms with Crippen LogP contribution in [0.3, 0.4) is 0 Å². The predicted octanol–water partition coefficient (Wildman–Crippen LogP) is 3.08. The van der Waals surface area contributed by atoms with E-state index in [0.29, 0.717) is 10.5 Å². The van der Waals surface area contributed by atoms with Gasteiger partial charge in [-0.15, -0.1) is 0 Å². The second kappa shape index (κ2) is 5.01. The first-order valence-electron chi connectivity index (χ1n) is 5.17. The number of hydrogen-bond donors (Lipinski definition) is 2. The minimum absolute atomic E-state index is 0.126. The van der Waals surface area contributed by atoms with E-state index in [4.69, 9.17) is 0 Å². The predicted molar refractivity (Wildman–Crippen MR) is 74.6 cm³/mol. The number of anilines is 1. The summed E-state index contributed by atoms with van der Waals surface area (Å²) < 4.78 is 0.529. The molecule has 0 saturated carbocycles. The molecular formula is C11H12BrN3OS. The Hall–Kier alpha value is -1.14. The number of aromatic nitrogens is 2. The summed E-state index contributed by atoms with van der Waals surface area (Å²) >= 11 is 4.78. The van der Waals surface area contributed by atoms with Crippen molar-refractivity contribution in [2.24, 2.45) is 0 Å². The molecule has 0 atom stereocenters. The Morgan fingerprint density at radius 1 is 1.53 bits per heavy atom. The Balaban J connectivity index is 2.30. The molecule has 0 saturated heterocycles. The number of halogens is 1. The molecule has 0 bridgehead atoms. The highest BCUT2D eigenvalue weighted by Gasteiger charge is 2.06. The SMILES string of the molecule is CC(C)Nc1ncc(-c2c[nH]c(=O)c(Br)c2)s1. The summed E-state index contributed by atoms with van der Waals surface area (Å²) in [7, 11) is 0. The van der Waals surface area contributed by atoms with Crippen molar-refractivity contribution >= 4 is 32.4 Å². The van der Waals surface area contributed by atoms with Crippen LogP contribution in [0.15, 0.2) is 27.7 Å². The largest absolute Gasteiger partial charge is 0.359 e. The van der Waals surface area contributed by atoms with Gasteiger partial charge < -0.3 is 10.3 Å². The summed E-state index contributed by atoms with van der Waals surface area (Å²) in [5.41, 5.74) is 0.824. The molecule has 0 spiro atoms. The lowest BCUT2D eigenvalue weighted by Gasteiger charge is -2.04. The maximum atomic E-state index is 11.2. The smallest absolute Gasteiger partial charge is 0.262 e. The van der Waals surface area contributed by atoms with Crippen molar-refractivity contribution in [2.75, 3.05) is 5.32 Å². The highest BCUT2D eigenvalue weighted by atomic mass is 79.9. The van der Waals surface area contributed by atoms with Gasteiger partial charge in [0, 0.05) is 24.0 Å². The number of rotatable bonds is 3. The fraction of sp³-hybridized carbons (Fsp3) is 0.273. The number of hydrogen-bond acceptors (Lipinski definition) is 4. The molecule has 90 valence electrons. The van der Waals surface area contributed by atoms with E-state index >= 15 is 0 Å². The average Bonchev–Trinajstić information content (AvgIpc) is 2.69. The monoisotopic (exact) mass is 313 g/mol. The first-order chi connectivity index (χ1) is 8.06. The lowest BCUT2D eigenvalue weighted by Crippen LogP contribution is -2.08. The van der Waals surface area contributed by atoms with Gasteiger partial charge in [-0.1, -0.05) is 11.3 Å². The van der Waals surface area contributed by atoms with Crippen molar-refractivity contribution in [2.45, 2.75) is 19.9 Å². The first kappa shape index (κ1) is 12.3. The van der Waals surface area contributed by atoms with Gasteiger partial charge in [-0.2, -0.15) is 0 Å². The highest BCUT2D eigenvalue weighted by molar-refractivity contribution is 9.10. The Bertz CT molecular complexity index is 576. The molecule has 0 aliphatic rings. The molecular weight excluding hydrogens is 302 g/mol. The lowest BCUT2D eigenvalue weighted by molar-refractivity contribution is 0.896. The van der Waals surface area contributed by atoms with Crippen molar-refractivity contribution in [1.82, 2.24) is 9.97 Å². The van der Waals surface area contributed by atoms with E-state index in [1.165, 1.54) is 0 Å². The molecule has 0 aromatic carbocycles. The number of nitrogens with zero attached hydrogens (tertiary/aromatic N) is 1. The molecule has 0 radical (unpaired) electrons. The van der Waals surface area contributed by atoms with Gasteiger partial charge in [0.25, 0.3) is 5.56 Å². The van der Waals surface area contributed by atoms with Crippen LogP contribution in [0.2, 0.25) is 0 Å². The van der Waals surface area contributed by atoms with E-state index in [2.05, 4.69) is 45.1 Å². The van der Waals surface area contributed by atoms with Gasteiger partial charge in [-0.3, -0.25) is 4.79 Å². The number of H-pyrrole nitrogens is 1. The number of aromatic amines is 1. The molecule has 0 unspecified atom stereocenters. The van der Waals surface area contributed by atoms with E-state index in [0.717, 1.165) is 15.6 Å². The van der Waals surface area contributed by atoms with Crippen LogP contribution in [0.1, 0.15) is 13.8 Å². The normalized spacial score (nSPS) is 10.8. The quantitative estimate of drug-likeness (QED) is 0.915. The standard InChI is InChI=1S/C11H12BrN3OS/c1-6(2)15-11-14-5-9(17-11)7-3-8(12)10(16)13-4-7/h3-6H,1-2H3,(H,13,16)(H,14,15). The summed E-state index contributed by atoms with van der Waals surface area (Å²) in [6, 6.07) is 2.15. The minimum Gasteiger partial charge on any atom is -0.359 e. The molecule has 2 heterocycles. The van der Waals surface area contributed by atoms with Gasteiger partial charge in [0.2, 0.25) is 0 Å². The van der Waals surface area contributed by atoms with Gasteiger partial charge >= 0.3 is 0 Å². The summed E-state index contributed by atoms with van der Waals surface area (Å²) in [5.74, 6) is 0. The van der Waals surface area contributed by atoms with Gasteiger partial charge in [-0.25, -0.2) is 4.98 Å². The molecule has 2 rings (SSSR count). The highest BCUT2D eigenvalue weighted by Crippen LogP contribution is 2.29. The van der Waals surface area contributed by atoms with Gasteiger partial charge in [0.15, 0.2) is 5.13 Å². The summed E-state index contributed by atoms with van der Waals surface area (Å²) in [4.78, 5) is 19.2. The molecule has 2 N–H and O–H groups in total. The fourth-order valence-corrected chi connectivity index (χ4v) is 2.63. The second-order valence-electron chi connectivity index (χ2n) is 3.89. The molecule has 4 nitrogen and oxygen atoms in total. The van der Waals surface area contributed by atoms with Gasteiger partial charge in [-0.05, 0) is 35.8 Å². The van der Waals surface area contributed by atoms with Gasteiger partial charge in [0.1, 0.15) is 0 Å². The molecule has 17 heavy (non-hydrogen) atoms. The van der Waals surface area contributed by atoms with Crippen LogP contribution >= 0.6 is 27.3 Å². The minimum atomic E-state index is -0.126. The third-order valence-corrected chi connectivity index (χ3v) is 3.63. The average molecular weight is 314 g/mol. The summed E-state index contributed by atoms with van der Waals surface area (Å²) in [6.45, 7) is 4.13. The number of thiazole rings is 1. The zero-order valence-corrected chi connectivity index (χ0v) is 11.9. The van der Waals surface area contributed by atoms with Crippen molar-refractivity contribution in [3.05, 3.63) is 33.3 Å². The molecule has 6 heteroatoms. The topological polar surface area (TPSA) is 57.8 Å². The Labute approximate surface area is 111 Å². The van der Waals surface area contributed by atoms with Crippen molar-refractivity contribution in [3.8, 4) is 10.4 Å². The van der Waals surface area contributed by atoms with E-state index in [-0.39, 0.29) is 5.56 Å². The van der Waals surface area contributed by atoms with Gasteiger partial charge in [0.05, 0.1) is 9.35 Å². The maximum Gasteiger partial charge on any atom is 0.262 e. The third-order valence-electron chi connectivity index (χ3n) is 2.06. The Morgan fingerprint density at radius 3 is 2.94 bits per heavy atom. The van der Waals surface area contributed by atoms with E-state index in [1.807, 2.05) is 0 Å². The van der Waals surface area contributed by atoms with Crippen LogP contribution in [0.5, 0.6) is 0 Å². The first-order valence-corrected chi connectivity index (χ1v) is 6.78. The number of nitrogens with one attached hydrogen (secondary N) is 2. The Kier molecular flexibility index (Phi) is 3.63. The van der Waals surface area contributed by atoms with Crippen LogP contribution in [-0.4, -0.2) is 16.0 Å². The Morgan fingerprint density at radius 2 is 2.29 bits per heavy atom. The van der Waals surface area contributed by atoms with Crippen molar-refractivity contribution < 1.29 is 0 Å². The number of pyridine rings is 1. The lowest BCUT2D eigenvalue weighted by atomic mass is 10.2. The second-order valence-corrected chi connectivity index (χ2v) is 5.78. The van der Waals surface area contributed by atoms with E-state index in [1.54, 1.807) is 29.8 Å². The molecule has 0 amide bonds. The zero-order valence-electron chi connectivity index (χ0n) is 9.45. The van der Waals surface area contributed by atoms with Crippen molar-refractivity contribution in [1.29, 1.82) is 0 Å². The molecule has 0 fully saturated rings. The van der Waals surface area contributed by atoms with Crippen LogP contribution in [0.4, 0.5) is 5.13 Å². The molecule has 0 aliphatic carbocycles. The molecule has 0 aliphatic heterocycles. The summed E-state index contributed by atoms with van der Waals surface area (Å²) in [6.07, 6.45) is 3.50. The van der Waals surface area contributed by atoms with Crippen molar-refractivity contribution in [3.63, 3.8) is 0 Å².